The van der Waals surface area contributed by atoms with E-state index in [0.29, 0.717) is 11.2 Å². The normalized spacial score (nSPS) is 11.1. The van der Waals surface area contributed by atoms with Crippen LogP contribution in [0.2, 0.25) is 0 Å². The Labute approximate surface area is 156 Å². The number of hydrogen-bond acceptors (Lipinski definition) is 4. The van der Waals surface area contributed by atoms with Crippen LogP contribution in [0.15, 0.2) is 35.1 Å². The first-order valence-corrected chi connectivity index (χ1v) is 8.21. The van der Waals surface area contributed by atoms with Gasteiger partial charge in [-0.1, -0.05) is 5.46 Å². The van der Waals surface area contributed by atoms with Gasteiger partial charge < -0.3 is 15.2 Å². The molecule has 2 N–H and O–H groups in total. The van der Waals surface area contributed by atoms with Gasteiger partial charge in [0, 0.05) is 11.4 Å². The molecule has 7 nitrogen and oxygen atoms in total. The van der Waals surface area contributed by atoms with Gasteiger partial charge in [-0.15, -0.1) is 0 Å². The third kappa shape index (κ3) is 4.96. The first-order chi connectivity index (χ1) is 12.5. The highest BCUT2D eigenvalue weighted by molar-refractivity contribution is 6.33. The van der Waals surface area contributed by atoms with Gasteiger partial charge in [0.05, 0.1) is 6.54 Å². The van der Waals surface area contributed by atoms with E-state index in [4.69, 9.17) is 4.74 Å². The molecule has 2 aromatic rings. The number of nitrogens with zero attached hydrogens (tertiary/aromatic N) is 1. The minimum absolute atomic E-state index is 0.0761. The molecule has 0 bridgehead atoms. The van der Waals surface area contributed by atoms with Gasteiger partial charge in [0.15, 0.2) is 0 Å². The Bertz CT molecular complexity index is 932. The molecule has 9 heteroatoms. The predicted octanol–water partition coefficient (Wildman–Crippen LogP) is 0.958. The molecular weight excluding hydrogens is 354 g/mol. The van der Waals surface area contributed by atoms with Crippen molar-refractivity contribution in [3.63, 3.8) is 0 Å². The van der Waals surface area contributed by atoms with Crippen molar-refractivity contribution < 1.29 is 23.8 Å². The number of nitrogens with one attached hydrogen (secondary N) is 1. The molecule has 1 aromatic heterocycles. The van der Waals surface area contributed by atoms with E-state index in [-0.39, 0.29) is 12.2 Å². The first kappa shape index (κ1) is 20.2. The molecule has 27 heavy (non-hydrogen) atoms. The van der Waals surface area contributed by atoms with Crippen LogP contribution in [0.25, 0.3) is 5.69 Å². The summed E-state index contributed by atoms with van der Waals surface area (Å²) in [7, 11) is 1.62. The van der Waals surface area contributed by atoms with E-state index in [1.165, 1.54) is 18.2 Å². The summed E-state index contributed by atoms with van der Waals surface area (Å²) >= 11 is 0. The number of aromatic nitrogens is 1. The number of rotatable bonds is 4. The first-order valence-electron chi connectivity index (χ1n) is 8.21. The van der Waals surface area contributed by atoms with E-state index in [1.807, 2.05) is 0 Å². The van der Waals surface area contributed by atoms with E-state index in [9.17, 15) is 23.9 Å². The minimum atomic E-state index is -1.37. The fourth-order valence-corrected chi connectivity index (χ4v) is 2.49. The van der Waals surface area contributed by atoms with Crippen molar-refractivity contribution in [1.82, 2.24) is 9.88 Å². The number of pyridine rings is 1. The van der Waals surface area contributed by atoms with Crippen LogP contribution in [0.1, 0.15) is 36.8 Å². The summed E-state index contributed by atoms with van der Waals surface area (Å²) in [5.41, 5.74) is -0.759. The van der Waals surface area contributed by atoms with Gasteiger partial charge in [0.1, 0.15) is 24.8 Å². The molecule has 0 atom stereocenters. The molecule has 1 heterocycles. The van der Waals surface area contributed by atoms with Crippen molar-refractivity contribution in [3.8, 4) is 5.69 Å². The summed E-state index contributed by atoms with van der Waals surface area (Å²) in [6.07, 6.45) is -0.678. The molecule has 0 spiro atoms. The highest BCUT2D eigenvalue weighted by Gasteiger charge is 2.20. The van der Waals surface area contributed by atoms with Crippen molar-refractivity contribution in [1.29, 1.82) is 0 Å². The summed E-state index contributed by atoms with van der Waals surface area (Å²) in [6.45, 7) is 5.07. The van der Waals surface area contributed by atoms with Crippen LogP contribution in [-0.2, 0) is 11.3 Å². The second-order valence-electron chi connectivity index (χ2n) is 6.97. The number of ether oxygens (including phenoxy) is 1. The molecule has 1 amide bonds. The Morgan fingerprint density at radius 2 is 1.85 bits per heavy atom. The van der Waals surface area contributed by atoms with Crippen molar-refractivity contribution in [2.24, 2.45) is 0 Å². The van der Waals surface area contributed by atoms with E-state index >= 15 is 0 Å². The summed E-state index contributed by atoms with van der Waals surface area (Å²) in [4.78, 5) is 36.0. The molecule has 0 saturated heterocycles. The summed E-state index contributed by atoms with van der Waals surface area (Å²) < 4.78 is 19.6. The van der Waals surface area contributed by atoms with E-state index in [1.54, 1.807) is 28.6 Å². The lowest BCUT2D eigenvalue weighted by molar-refractivity contribution is 0.0521. The highest BCUT2D eigenvalue weighted by Crippen LogP contribution is 2.11. The summed E-state index contributed by atoms with van der Waals surface area (Å²) in [5.74, 6) is -1.86. The van der Waals surface area contributed by atoms with Crippen LogP contribution in [0.3, 0.4) is 0 Å². The van der Waals surface area contributed by atoms with Gasteiger partial charge in [-0.2, -0.15) is 0 Å². The van der Waals surface area contributed by atoms with Crippen molar-refractivity contribution in [2.75, 3.05) is 0 Å². The number of carboxylic acids is 1. The van der Waals surface area contributed by atoms with Crippen LogP contribution in [0, 0.1) is 5.82 Å². The minimum Gasteiger partial charge on any atom is -0.477 e. The molecule has 142 valence electrons. The van der Waals surface area contributed by atoms with E-state index in [2.05, 4.69) is 5.32 Å². The van der Waals surface area contributed by atoms with Gasteiger partial charge in [0.25, 0.3) is 5.56 Å². The Morgan fingerprint density at radius 1 is 1.26 bits per heavy atom. The Balaban J connectivity index is 2.51. The van der Waals surface area contributed by atoms with Crippen LogP contribution >= 0.6 is 0 Å². The number of hydrogen-bond donors (Lipinski definition) is 2. The second kappa shape index (κ2) is 7.65. The Morgan fingerprint density at radius 3 is 2.37 bits per heavy atom. The number of halogens is 1. The van der Waals surface area contributed by atoms with Crippen molar-refractivity contribution >= 4 is 25.4 Å². The molecule has 0 fully saturated rings. The second-order valence-corrected chi connectivity index (χ2v) is 6.97. The SMILES string of the molecule is Bc1cc(C(=O)O)c(=O)n(-c2ccc(F)cc2)c1CNC(=O)OC(C)(C)C. The number of aromatic carboxylic acids is 1. The zero-order valence-electron chi connectivity index (χ0n) is 15.5. The molecule has 0 aliphatic carbocycles. The molecular formula is C18H20BFN2O5. The smallest absolute Gasteiger partial charge is 0.407 e. The van der Waals surface area contributed by atoms with Crippen molar-refractivity contribution in [3.05, 3.63) is 57.8 Å². The lowest BCUT2D eigenvalue weighted by Crippen LogP contribution is -2.38. The van der Waals surface area contributed by atoms with Gasteiger partial charge >= 0.3 is 12.1 Å². The monoisotopic (exact) mass is 374 g/mol. The number of alkyl carbamates (subject to hydrolysis) is 1. The van der Waals surface area contributed by atoms with Crippen LogP contribution in [0.5, 0.6) is 0 Å². The van der Waals surface area contributed by atoms with Crippen LogP contribution < -0.4 is 16.3 Å². The van der Waals surface area contributed by atoms with Crippen LogP contribution in [-0.4, -0.2) is 35.2 Å². The highest BCUT2D eigenvalue weighted by atomic mass is 19.1. The maximum atomic E-state index is 13.2. The summed E-state index contributed by atoms with van der Waals surface area (Å²) in [6, 6.07) is 6.29. The number of carbonyl (C=O) groups excluding carboxylic acids is 1. The number of carbonyl (C=O) groups is 2. The quantitative estimate of drug-likeness (QED) is 0.777. The molecule has 0 radical (unpaired) electrons. The van der Waals surface area contributed by atoms with Gasteiger partial charge in [-0.25, -0.2) is 14.0 Å². The zero-order chi connectivity index (χ0) is 20.4. The van der Waals surface area contributed by atoms with Crippen LogP contribution in [0.4, 0.5) is 9.18 Å². The number of benzene rings is 1. The standard InChI is InChI=1S/C18H20BFN2O5/c1-18(2,3)27-17(26)21-9-14-13(19)8-12(16(24)25)15(23)22(14)11-6-4-10(20)5-7-11/h4-8H,9,19H2,1-3H3,(H,21,26)(H,24,25). The average molecular weight is 374 g/mol. The lowest BCUT2D eigenvalue weighted by Gasteiger charge is -2.21. The molecule has 0 aliphatic rings. The van der Waals surface area contributed by atoms with Gasteiger partial charge in [0.2, 0.25) is 0 Å². The molecule has 0 unspecified atom stereocenters. The largest absolute Gasteiger partial charge is 0.477 e. The van der Waals surface area contributed by atoms with E-state index < -0.39 is 34.6 Å². The maximum absolute atomic E-state index is 13.2. The number of carboxylic acid groups (broad SMARTS) is 1. The van der Waals surface area contributed by atoms with E-state index in [0.717, 1.165) is 16.7 Å². The maximum Gasteiger partial charge on any atom is 0.407 e. The Hall–Kier alpha value is -3.10. The third-order valence-corrected chi connectivity index (χ3v) is 3.63. The lowest BCUT2D eigenvalue weighted by atomic mass is 9.91. The van der Waals surface area contributed by atoms with Crippen molar-refractivity contribution in [2.45, 2.75) is 32.9 Å². The molecule has 1 aromatic carbocycles. The topological polar surface area (TPSA) is 97.6 Å². The predicted molar refractivity (Wildman–Crippen MR) is 100 cm³/mol. The molecule has 0 saturated carbocycles. The molecule has 0 aliphatic heterocycles. The Kier molecular flexibility index (Phi) is 5.73. The third-order valence-electron chi connectivity index (χ3n) is 3.63. The summed E-state index contributed by atoms with van der Waals surface area (Å²) in [5, 5.41) is 11.8. The number of amides is 1. The fraction of sp³-hybridized carbons (Fsp3) is 0.278. The molecule has 2 rings (SSSR count). The zero-order valence-corrected chi connectivity index (χ0v) is 15.5. The van der Waals surface area contributed by atoms with Gasteiger partial charge in [-0.05, 0) is 51.1 Å². The average Bonchev–Trinajstić information content (AvgIpc) is 2.54. The van der Waals surface area contributed by atoms with Gasteiger partial charge in [-0.3, -0.25) is 9.36 Å². The fourth-order valence-electron chi connectivity index (χ4n) is 2.49.